The second-order valence-electron chi connectivity index (χ2n) is 6.67. The summed E-state index contributed by atoms with van der Waals surface area (Å²) < 4.78 is 0. The highest BCUT2D eigenvalue weighted by Gasteiger charge is 2.39. The minimum atomic E-state index is -0.271. The molecule has 3 heteroatoms. The van der Waals surface area contributed by atoms with Crippen LogP contribution < -0.4 is 5.73 Å². The second-order valence-corrected chi connectivity index (χ2v) is 6.67. The number of hydrogen-bond acceptors (Lipinski definition) is 2. The first-order valence-corrected chi connectivity index (χ1v) is 7.37. The maximum Gasteiger partial charge on any atom is 0.223 e. The molecule has 0 unspecified atom stereocenters. The van der Waals surface area contributed by atoms with E-state index in [2.05, 4.69) is 27.7 Å². The van der Waals surface area contributed by atoms with E-state index >= 15 is 0 Å². The molecule has 0 aliphatic carbocycles. The molecular weight excluding hydrogens is 224 g/mol. The third-order valence-electron chi connectivity index (χ3n) is 4.62. The number of carbonyl (C=O) groups excluding carboxylic acids is 1. The first-order chi connectivity index (χ1) is 8.30. The molecule has 1 fully saturated rings. The summed E-state index contributed by atoms with van der Waals surface area (Å²) in [5.41, 5.74) is 6.00. The number of carbonyl (C=O) groups is 1. The Labute approximate surface area is 112 Å². The standard InChI is InChI=1S/C15H30N2O/c1-5-9-15(4,16)14(2,3)12-13(18)17-10-7-6-8-11-17/h5-12,16H2,1-4H3/t15-/m1/s1. The molecule has 1 saturated heterocycles. The van der Waals surface area contributed by atoms with Crippen LogP contribution in [0.4, 0.5) is 0 Å². The van der Waals surface area contributed by atoms with Gasteiger partial charge in [-0.3, -0.25) is 4.79 Å². The molecule has 1 aliphatic heterocycles. The van der Waals surface area contributed by atoms with Crippen molar-refractivity contribution in [2.75, 3.05) is 13.1 Å². The number of likely N-dealkylation sites (tertiary alicyclic amines) is 1. The highest BCUT2D eigenvalue weighted by molar-refractivity contribution is 5.77. The minimum absolute atomic E-state index is 0.141. The van der Waals surface area contributed by atoms with Crippen LogP contribution in [0.5, 0.6) is 0 Å². The molecule has 0 aromatic heterocycles. The number of hydrogen-bond donors (Lipinski definition) is 1. The molecule has 0 aromatic rings. The normalized spacial score (nSPS) is 20.6. The van der Waals surface area contributed by atoms with Gasteiger partial charge in [0.05, 0.1) is 0 Å². The molecule has 0 radical (unpaired) electrons. The smallest absolute Gasteiger partial charge is 0.223 e. The Morgan fingerprint density at radius 1 is 1.17 bits per heavy atom. The topological polar surface area (TPSA) is 46.3 Å². The molecule has 0 aromatic carbocycles. The van der Waals surface area contributed by atoms with Gasteiger partial charge in [-0.05, 0) is 38.0 Å². The summed E-state index contributed by atoms with van der Waals surface area (Å²) >= 11 is 0. The Balaban J connectivity index is 2.60. The van der Waals surface area contributed by atoms with Crippen molar-refractivity contribution in [3.8, 4) is 0 Å². The molecule has 0 bridgehead atoms. The lowest BCUT2D eigenvalue weighted by Crippen LogP contribution is -2.52. The van der Waals surface area contributed by atoms with Gasteiger partial charge >= 0.3 is 0 Å². The summed E-state index contributed by atoms with van der Waals surface area (Å²) in [4.78, 5) is 14.4. The molecule has 18 heavy (non-hydrogen) atoms. The van der Waals surface area contributed by atoms with Crippen LogP contribution >= 0.6 is 0 Å². The fraction of sp³-hybridized carbons (Fsp3) is 0.933. The second kappa shape index (κ2) is 6.05. The van der Waals surface area contributed by atoms with Crippen molar-refractivity contribution in [1.29, 1.82) is 0 Å². The molecular formula is C15H30N2O. The van der Waals surface area contributed by atoms with Crippen LogP contribution in [0.1, 0.15) is 66.2 Å². The Hall–Kier alpha value is -0.570. The van der Waals surface area contributed by atoms with Gasteiger partial charge in [0.2, 0.25) is 5.91 Å². The molecule has 0 spiro atoms. The van der Waals surface area contributed by atoms with Gasteiger partial charge in [0.25, 0.3) is 0 Å². The van der Waals surface area contributed by atoms with E-state index in [-0.39, 0.29) is 16.9 Å². The van der Waals surface area contributed by atoms with Crippen molar-refractivity contribution in [1.82, 2.24) is 4.90 Å². The lowest BCUT2D eigenvalue weighted by Gasteiger charge is -2.42. The molecule has 1 amide bonds. The van der Waals surface area contributed by atoms with Gasteiger partial charge in [-0.1, -0.05) is 27.2 Å². The van der Waals surface area contributed by atoms with Crippen molar-refractivity contribution in [2.45, 2.75) is 71.8 Å². The predicted octanol–water partition coefficient (Wildman–Crippen LogP) is 2.93. The molecule has 2 N–H and O–H groups in total. The summed E-state index contributed by atoms with van der Waals surface area (Å²) in [6.45, 7) is 10.4. The van der Waals surface area contributed by atoms with Crippen LogP contribution in [0.15, 0.2) is 0 Å². The van der Waals surface area contributed by atoms with E-state index in [0.29, 0.717) is 6.42 Å². The number of nitrogens with zero attached hydrogens (tertiary/aromatic N) is 1. The molecule has 3 nitrogen and oxygen atoms in total. The Kier molecular flexibility index (Phi) is 5.20. The maximum absolute atomic E-state index is 12.3. The maximum atomic E-state index is 12.3. The van der Waals surface area contributed by atoms with Crippen molar-refractivity contribution in [3.05, 3.63) is 0 Å². The fourth-order valence-corrected chi connectivity index (χ4v) is 2.69. The number of nitrogens with two attached hydrogens (primary N) is 1. The molecule has 1 rings (SSSR count). The number of piperidine rings is 1. The van der Waals surface area contributed by atoms with E-state index < -0.39 is 0 Å². The summed E-state index contributed by atoms with van der Waals surface area (Å²) in [5, 5.41) is 0. The Morgan fingerprint density at radius 2 is 1.72 bits per heavy atom. The van der Waals surface area contributed by atoms with E-state index in [0.717, 1.165) is 38.8 Å². The first kappa shape index (κ1) is 15.5. The average molecular weight is 254 g/mol. The Bertz CT molecular complexity index is 278. The zero-order valence-corrected chi connectivity index (χ0v) is 12.6. The highest BCUT2D eigenvalue weighted by atomic mass is 16.2. The van der Waals surface area contributed by atoms with Gasteiger partial charge in [-0.15, -0.1) is 0 Å². The van der Waals surface area contributed by atoms with E-state index in [9.17, 15) is 4.79 Å². The van der Waals surface area contributed by atoms with Gasteiger partial charge in [0, 0.05) is 25.0 Å². The number of rotatable bonds is 5. The zero-order valence-electron chi connectivity index (χ0n) is 12.6. The third kappa shape index (κ3) is 3.71. The van der Waals surface area contributed by atoms with E-state index in [1.54, 1.807) is 0 Å². The summed E-state index contributed by atoms with van der Waals surface area (Å²) in [5.74, 6) is 0.285. The van der Waals surface area contributed by atoms with Crippen LogP contribution in [-0.4, -0.2) is 29.4 Å². The van der Waals surface area contributed by atoms with Gasteiger partial charge < -0.3 is 10.6 Å². The van der Waals surface area contributed by atoms with Crippen LogP contribution in [0.3, 0.4) is 0 Å². The Morgan fingerprint density at radius 3 is 2.22 bits per heavy atom. The largest absolute Gasteiger partial charge is 0.343 e. The molecule has 106 valence electrons. The van der Waals surface area contributed by atoms with Gasteiger partial charge in [0.15, 0.2) is 0 Å². The van der Waals surface area contributed by atoms with Crippen LogP contribution in [0, 0.1) is 5.41 Å². The van der Waals surface area contributed by atoms with Crippen molar-refractivity contribution in [2.24, 2.45) is 11.1 Å². The van der Waals surface area contributed by atoms with Gasteiger partial charge in [0.1, 0.15) is 0 Å². The van der Waals surface area contributed by atoms with Crippen LogP contribution in [0.2, 0.25) is 0 Å². The van der Waals surface area contributed by atoms with Crippen molar-refractivity contribution >= 4 is 5.91 Å². The average Bonchev–Trinajstić information content (AvgIpc) is 2.29. The van der Waals surface area contributed by atoms with Gasteiger partial charge in [-0.25, -0.2) is 0 Å². The van der Waals surface area contributed by atoms with Gasteiger partial charge in [-0.2, -0.15) is 0 Å². The zero-order chi connectivity index (χ0) is 13.8. The third-order valence-corrected chi connectivity index (χ3v) is 4.62. The molecule has 1 heterocycles. The van der Waals surface area contributed by atoms with E-state index in [1.165, 1.54) is 6.42 Å². The van der Waals surface area contributed by atoms with E-state index in [4.69, 9.17) is 5.73 Å². The van der Waals surface area contributed by atoms with E-state index in [1.807, 2.05) is 4.90 Å². The quantitative estimate of drug-likeness (QED) is 0.820. The lowest BCUT2D eigenvalue weighted by atomic mass is 9.69. The summed E-state index contributed by atoms with van der Waals surface area (Å²) in [6.07, 6.45) is 6.17. The lowest BCUT2D eigenvalue weighted by molar-refractivity contribution is -0.135. The van der Waals surface area contributed by atoms with Crippen molar-refractivity contribution < 1.29 is 4.79 Å². The summed E-state index contributed by atoms with van der Waals surface area (Å²) in [6, 6.07) is 0. The monoisotopic (exact) mass is 254 g/mol. The highest BCUT2D eigenvalue weighted by Crippen LogP contribution is 2.36. The number of amides is 1. The summed E-state index contributed by atoms with van der Waals surface area (Å²) in [7, 11) is 0. The predicted molar refractivity (Wildman–Crippen MR) is 76.3 cm³/mol. The molecule has 1 atom stereocenters. The first-order valence-electron chi connectivity index (χ1n) is 7.37. The molecule has 0 saturated carbocycles. The van der Waals surface area contributed by atoms with Crippen molar-refractivity contribution in [3.63, 3.8) is 0 Å². The minimum Gasteiger partial charge on any atom is -0.343 e. The fourth-order valence-electron chi connectivity index (χ4n) is 2.69. The van der Waals surface area contributed by atoms with Crippen LogP contribution in [-0.2, 0) is 4.79 Å². The van der Waals surface area contributed by atoms with Crippen LogP contribution in [0.25, 0.3) is 0 Å². The molecule has 1 aliphatic rings. The SMILES string of the molecule is CCC[C@@](C)(N)C(C)(C)CC(=O)N1CCCCC1.